The molecule has 0 unspecified atom stereocenters. The lowest BCUT2D eigenvalue weighted by molar-refractivity contribution is -0.123. The number of carbonyl (C=O) groups excluding carboxylic acids is 2. The van der Waals surface area contributed by atoms with Crippen molar-refractivity contribution in [1.82, 2.24) is 25.1 Å². The maximum absolute atomic E-state index is 12.8. The van der Waals surface area contributed by atoms with E-state index in [0.717, 1.165) is 47.8 Å². The molecule has 180 valence electrons. The van der Waals surface area contributed by atoms with Gasteiger partial charge in [-0.05, 0) is 55.7 Å². The molecule has 1 atom stereocenters. The highest BCUT2D eigenvalue weighted by Crippen LogP contribution is 2.26. The molecule has 2 aromatic carbocycles. The molecule has 35 heavy (non-hydrogen) atoms. The van der Waals surface area contributed by atoms with Gasteiger partial charge in [-0.25, -0.2) is 4.98 Å². The van der Waals surface area contributed by atoms with Gasteiger partial charge >= 0.3 is 0 Å². The normalized spacial score (nSPS) is 15.7. The quantitative estimate of drug-likeness (QED) is 0.413. The zero-order chi connectivity index (χ0) is 24.2. The number of likely N-dealkylation sites (tertiary alicyclic amines) is 1. The van der Waals surface area contributed by atoms with E-state index in [9.17, 15) is 9.59 Å². The number of piperidine rings is 1. The maximum atomic E-state index is 12.8. The molecule has 1 saturated heterocycles. The van der Waals surface area contributed by atoms with Crippen LogP contribution in [0.25, 0.3) is 15.3 Å². The maximum Gasteiger partial charge on any atom is 0.251 e. The van der Waals surface area contributed by atoms with E-state index in [1.165, 1.54) is 16.9 Å². The van der Waals surface area contributed by atoms with Crippen LogP contribution in [0.1, 0.15) is 35.7 Å². The van der Waals surface area contributed by atoms with Gasteiger partial charge in [0.1, 0.15) is 6.04 Å². The highest BCUT2D eigenvalue weighted by molar-refractivity contribution is 7.20. The van der Waals surface area contributed by atoms with Crippen molar-refractivity contribution in [2.24, 2.45) is 0 Å². The first-order valence-electron chi connectivity index (χ1n) is 12.0. The Morgan fingerprint density at radius 1 is 1.06 bits per heavy atom. The molecule has 0 bridgehead atoms. The molecule has 1 aliphatic rings. The summed E-state index contributed by atoms with van der Waals surface area (Å²) in [6, 6.07) is 19.3. The second-order valence-electron chi connectivity index (χ2n) is 9.01. The Hall–Kier alpha value is -3.49. The number of amides is 2. The molecule has 2 N–H and O–H groups in total. The summed E-state index contributed by atoms with van der Waals surface area (Å²) in [5.41, 5.74) is 2.68. The molecule has 1 fully saturated rings. The highest BCUT2D eigenvalue weighted by Gasteiger charge is 2.24. The third-order valence-electron chi connectivity index (χ3n) is 6.39. The number of nitrogens with zero attached hydrogens (tertiary/aromatic N) is 3. The van der Waals surface area contributed by atoms with Crippen molar-refractivity contribution in [1.29, 1.82) is 0 Å². The van der Waals surface area contributed by atoms with Crippen LogP contribution in [0.15, 0.2) is 73.1 Å². The van der Waals surface area contributed by atoms with Gasteiger partial charge in [0.25, 0.3) is 5.91 Å². The van der Waals surface area contributed by atoms with Crippen molar-refractivity contribution >= 4 is 33.4 Å². The van der Waals surface area contributed by atoms with E-state index in [1.54, 1.807) is 13.0 Å². The number of nitrogens with one attached hydrogen (secondary N) is 2. The first kappa shape index (κ1) is 23.3. The van der Waals surface area contributed by atoms with E-state index < -0.39 is 6.04 Å². The summed E-state index contributed by atoms with van der Waals surface area (Å²) in [5.74, 6) is -0.406. The minimum atomic E-state index is -0.613. The van der Waals surface area contributed by atoms with E-state index in [-0.39, 0.29) is 17.9 Å². The Bertz CT molecular complexity index is 1290. The largest absolute Gasteiger partial charge is 0.351 e. The number of hydrogen-bond acceptors (Lipinski definition) is 5. The minimum absolute atomic E-state index is 0.134. The molecule has 7 nitrogen and oxygen atoms in total. The van der Waals surface area contributed by atoms with Crippen LogP contribution in [-0.2, 0) is 11.3 Å². The first-order valence-corrected chi connectivity index (χ1v) is 12.8. The Morgan fingerprint density at radius 3 is 2.54 bits per heavy atom. The van der Waals surface area contributed by atoms with Crippen molar-refractivity contribution in [3.8, 4) is 5.13 Å². The van der Waals surface area contributed by atoms with Gasteiger partial charge in [0, 0.05) is 43.6 Å². The molecule has 2 amide bonds. The lowest BCUT2D eigenvalue weighted by Gasteiger charge is -2.33. The molecule has 3 heterocycles. The van der Waals surface area contributed by atoms with Crippen LogP contribution in [0.4, 0.5) is 0 Å². The van der Waals surface area contributed by atoms with Gasteiger partial charge in [0.15, 0.2) is 5.13 Å². The highest BCUT2D eigenvalue weighted by atomic mass is 32.1. The number of aromatic nitrogens is 2. The van der Waals surface area contributed by atoms with Crippen LogP contribution in [0.2, 0.25) is 0 Å². The SMILES string of the molecule is C[C@@H](NC(=O)c1ccc2nc(-n3cccc3)sc2c1)C(=O)NC1CCN(Cc2ccccc2)CC1. The minimum Gasteiger partial charge on any atom is -0.351 e. The molecule has 2 aromatic heterocycles. The van der Waals surface area contributed by atoms with Gasteiger partial charge in [-0.1, -0.05) is 41.7 Å². The van der Waals surface area contributed by atoms with Crippen LogP contribution < -0.4 is 10.6 Å². The Balaban J connectivity index is 1.12. The van der Waals surface area contributed by atoms with Gasteiger partial charge in [-0.15, -0.1) is 0 Å². The third kappa shape index (κ3) is 5.61. The zero-order valence-corrected chi connectivity index (χ0v) is 20.5. The van der Waals surface area contributed by atoms with E-state index in [2.05, 4.69) is 44.8 Å². The number of carbonyl (C=O) groups is 2. The monoisotopic (exact) mass is 487 g/mol. The molecule has 8 heteroatoms. The standard InChI is InChI=1S/C27H29N5O2S/c1-19(25(33)29-22-11-15-31(16-12-22)18-20-7-3-2-4-8-20)28-26(34)21-9-10-23-24(17-21)35-27(30-23)32-13-5-6-14-32/h2-10,13-14,17,19,22H,11-12,15-16,18H2,1H3,(H,28,34)(H,29,33)/t19-/m1/s1. The third-order valence-corrected chi connectivity index (χ3v) is 7.42. The number of thiazole rings is 1. The average Bonchev–Trinajstić information content (AvgIpc) is 3.55. The summed E-state index contributed by atoms with van der Waals surface area (Å²) in [5, 5.41) is 6.81. The molecule has 4 aromatic rings. The molecule has 5 rings (SSSR count). The number of rotatable bonds is 7. The van der Waals surface area contributed by atoms with Crippen LogP contribution >= 0.6 is 11.3 Å². The van der Waals surface area contributed by atoms with Gasteiger partial charge in [-0.2, -0.15) is 0 Å². The van der Waals surface area contributed by atoms with E-state index >= 15 is 0 Å². The smallest absolute Gasteiger partial charge is 0.251 e. The van der Waals surface area contributed by atoms with Gasteiger partial charge < -0.3 is 15.2 Å². The summed E-state index contributed by atoms with van der Waals surface area (Å²) in [4.78, 5) is 32.6. The van der Waals surface area contributed by atoms with E-state index in [1.807, 2.05) is 47.3 Å². The van der Waals surface area contributed by atoms with Gasteiger partial charge in [0.05, 0.1) is 10.2 Å². The summed E-state index contributed by atoms with van der Waals surface area (Å²) in [6.45, 7) is 4.55. The molecule has 1 aliphatic heterocycles. The Morgan fingerprint density at radius 2 is 1.80 bits per heavy atom. The number of fused-ring (bicyclic) bond motifs is 1. The average molecular weight is 488 g/mol. The molecule has 0 saturated carbocycles. The topological polar surface area (TPSA) is 79.3 Å². The molecule has 0 radical (unpaired) electrons. The van der Waals surface area contributed by atoms with Crippen molar-refractivity contribution in [3.05, 3.63) is 84.2 Å². The van der Waals surface area contributed by atoms with Crippen molar-refractivity contribution < 1.29 is 9.59 Å². The summed E-state index contributed by atoms with van der Waals surface area (Å²) in [6.07, 6.45) is 5.70. The fourth-order valence-corrected chi connectivity index (χ4v) is 5.35. The first-order chi connectivity index (χ1) is 17.0. The van der Waals surface area contributed by atoms with E-state index in [4.69, 9.17) is 0 Å². The fraction of sp³-hybridized carbons (Fsp3) is 0.296. The van der Waals surface area contributed by atoms with Crippen LogP contribution in [0, 0.1) is 0 Å². The predicted octanol–water partition coefficient (Wildman–Crippen LogP) is 3.99. The summed E-state index contributed by atoms with van der Waals surface area (Å²) in [7, 11) is 0. The Labute approximate surface area is 208 Å². The van der Waals surface area contributed by atoms with Crippen molar-refractivity contribution in [2.45, 2.75) is 38.4 Å². The molecule has 0 spiro atoms. The van der Waals surface area contributed by atoms with Crippen LogP contribution in [-0.4, -0.2) is 51.4 Å². The lowest BCUT2D eigenvalue weighted by atomic mass is 10.0. The van der Waals surface area contributed by atoms with Crippen molar-refractivity contribution in [3.63, 3.8) is 0 Å². The predicted molar refractivity (Wildman–Crippen MR) is 139 cm³/mol. The van der Waals surface area contributed by atoms with Crippen LogP contribution in [0.3, 0.4) is 0 Å². The van der Waals surface area contributed by atoms with Gasteiger partial charge in [0.2, 0.25) is 5.91 Å². The fourth-order valence-electron chi connectivity index (χ4n) is 4.37. The van der Waals surface area contributed by atoms with E-state index in [0.29, 0.717) is 5.56 Å². The number of benzene rings is 2. The summed E-state index contributed by atoms with van der Waals surface area (Å²) < 4.78 is 2.88. The number of hydrogen-bond donors (Lipinski definition) is 2. The van der Waals surface area contributed by atoms with Gasteiger partial charge in [-0.3, -0.25) is 14.5 Å². The molecular formula is C27H29N5O2S. The second-order valence-corrected chi connectivity index (χ2v) is 10.0. The summed E-state index contributed by atoms with van der Waals surface area (Å²) >= 11 is 1.52. The zero-order valence-electron chi connectivity index (χ0n) is 19.7. The lowest BCUT2D eigenvalue weighted by Crippen LogP contribution is -2.51. The Kier molecular flexibility index (Phi) is 6.92. The second kappa shape index (κ2) is 10.4. The van der Waals surface area contributed by atoms with Crippen molar-refractivity contribution in [2.75, 3.05) is 13.1 Å². The van der Waals surface area contributed by atoms with Crippen LogP contribution in [0.5, 0.6) is 0 Å². The molecule has 0 aliphatic carbocycles. The molecular weight excluding hydrogens is 458 g/mol.